The Morgan fingerprint density at radius 3 is 2.52 bits per heavy atom. The van der Waals surface area contributed by atoms with Gasteiger partial charge in [-0.15, -0.1) is 0 Å². The Bertz CT molecular complexity index is 573. The first kappa shape index (κ1) is 14.0. The Balaban J connectivity index is 1.80. The minimum Gasteiger partial charge on any atom is -0.481 e. The predicted octanol–water partition coefficient (Wildman–Crippen LogP) is 0.996. The number of hydrogen-bond donors (Lipinski definition) is 3. The SMILES string of the molecule is O=C(O)C1C(C(=O)Nc2ccccc2CO)[C@H]2CC[C@H]1O2. The summed E-state index contributed by atoms with van der Waals surface area (Å²) in [6.07, 6.45) is 0.723. The second-order valence-corrected chi connectivity index (χ2v) is 5.48. The first-order chi connectivity index (χ1) is 10.1. The lowest BCUT2D eigenvalue weighted by Crippen LogP contribution is -2.41. The maximum absolute atomic E-state index is 12.5. The number of aliphatic hydroxyl groups excluding tert-OH is 1. The van der Waals surface area contributed by atoms with Crippen molar-refractivity contribution in [1.29, 1.82) is 0 Å². The minimum atomic E-state index is -0.988. The highest BCUT2D eigenvalue weighted by Gasteiger charge is 2.55. The molecule has 2 saturated heterocycles. The second kappa shape index (κ2) is 5.46. The maximum Gasteiger partial charge on any atom is 0.310 e. The quantitative estimate of drug-likeness (QED) is 0.769. The van der Waals surface area contributed by atoms with Gasteiger partial charge in [-0.3, -0.25) is 9.59 Å². The van der Waals surface area contributed by atoms with Crippen LogP contribution < -0.4 is 5.32 Å². The first-order valence-corrected chi connectivity index (χ1v) is 6.99. The molecule has 2 heterocycles. The fraction of sp³-hybridized carbons (Fsp3) is 0.467. The van der Waals surface area contributed by atoms with Gasteiger partial charge in [-0.1, -0.05) is 18.2 Å². The number of nitrogens with one attached hydrogen (secondary N) is 1. The average molecular weight is 291 g/mol. The van der Waals surface area contributed by atoms with Crippen LogP contribution in [0, 0.1) is 11.8 Å². The number of ether oxygens (including phenoxy) is 1. The van der Waals surface area contributed by atoms with Gasteiger partial charge in [0.2, 0.25) is 5.91 Å². The number of carbonyl (C=O) groups excluding carboxylic acids is 1. The minimum absolute atomic E-state index is 0.188. The highest BCUT2D eigenvalue weighted by Crippen LogP contribution is 2.44. The van der Waals surface area contributed by atoms with E-state index >= 15 is 0 Å². The Kier molecular flexibility index (Phi) is 3.65. The van der Waals surface area contributed by atoms with Gasteiger partial charge in [0.05, 0.1) is 30.7 Å². The van der Waals surface area contributed by atoms with Crippen molar-refractivity contribution in [2.75, 3.05) is 5.32 Å². The largest absolute Gasteiger partial charge is 0.481 e. The summed E-state index contributed by atoms with van der Waals surface area (Å²) >= 11 is 0. The van der Waals surface area contributed by atoms with E-state index in [2.05, 4.69) is 5.32 Å². The third kappa shape index (κ3) is 2.41. The summed E-state index contributed by atoms with van der Waals surface area (Å²) in [5.41, 5.74) is 1.11. The lowest BCUT2D eigenvalue weighted by molar-refractivity contribution is -0.147. The van der Waals surface area contributed by atoms with Crippen LogP contribution in [0.15, 0.2) is 24.3 Å². The lowest BCUT2D eigenvalue weighted by Gasteiger charge is -2.24. The van der Waals surface area contributed by atoms with Crippen molar-refractivity contribution in [2.45, 2.75) is 31.7 Å². The summed E-state index contributed by atoms with van der Waals surface area (Å²) in [5.74, 6) is -2.80. The van der Waals surface area contributed by atoms with E-state index in [0.29, 0.717) is 24.1 Å². The van der Waals surface area contributed by atoms with E-state index in [1.165, 1.54) is 0 Å². The summed E-state index contributed by atoms with van der Waals surface area (Å²) in [4.78, 5) is 23.8. The summed E-state index contributed by atoms with van der Waals surface area (Å²) in [6.45, 7) is -0.188. The van der Waals surface area contributed by atoms with Gasteiger partial charge in [-0.2, -0.15) is 0 Å². The molecule has 1 aromatic carbocycles. The van der Waals surface area contributed by atoms with Gasteiger partial charge in [0.15, 0.2) is 0 Å². The number of carboxylic acid groups (broad SMARTS) is 1. The lowest BCUT2D eigenvalue weighted by atomic mass is 9.78. The molecule has 6 heteroatoms. The predicted molar refractivity (Wildman–Crippen MR) is 73.5 cm³/mol. The van der Waals surface area contributed by atoms with Crippen LogP contribution in [-0.2, 0) is 20.9 Å². The molecule has 3 rings (SSSR count). The van der Waals surface area contributed by atoms with Crippen LogP contribution in [0.2, 0.25) is 0 Å². The molecule has 3 N–H and O–H groups in total. The summed E-state index contributed by atoms with van der Waals surface area (Å²) in [7, 11) is 0. The number of rotatable bonds is 4. The number of amides is 1. The Hall–Kier alpha value is -1.92. The van der Waals surface area contributed by atoms with Crippen molar-refractivity contribution >= 4 is 17.6 Å². The number of carboxylic acids is 1. The smallest absolute Gasteiger partial charge is 0.310 e. The number of aliphatic hydroxyl groups is 1. The maximum atomic E-state index is 12.5. The van der Waals surface area contributed by atoms with Crippen molar-refractivity contribution in [3.8, 4) is 0 Å². The van der Waals surface area contributed by atoms with Crippen molar-refractivity contribution in [3.63, 3.8) is 0 Å². The average Bonchev–Trinajstić information content (AvgIpc) is 3.08. The highest BCUT2D eigenvalue weighted by atomic mass is 16.5. The van der Waals surface area contributed by atoms with Crippen LogP contribution in [-0.4, -0.2) is 34.3 Å². The van der Waals surface area contributed by atoms with Crippen LogP contribution in [0.5, 0.6) is 0 Å². The molecule has 1 aromatic rings. The number of anilines is 1. The Labute approximate surface area is 121 Å². The van der Waals surface area contributed by atoms with E-state index < -0.39 is 17.8 Å². The molecule has 2 aliphatic rings. The van der Waals surface area contributed by atoms with Gasteiger partial charge in [-0.25, -0.2) is 0 Å². The number of carbonyl (C=O) groups is 2. The monoisotopic (exact) mass is 291 g/mol. The number of aliphatic carboxylic acids is 1. The molecule has 0 saturated carbocycles. The molecule has 2 bridgehead atoms. The fourth-order valence-corrected chi connectivity index (χ4v) is 3.32. The van der Waals surface area contributed by atoms with Crippen molar-refractivity contribution in [3.05, 3.63) is 29.8 Å². The molecule has 0 radical (unpaired) electrons. The molecule has 21 heavy (non-hydrogen) atoms. The second-order valence-electron chi connectivity index (χ2n) is 5.48. The van der Waals surface area contributed by atoms with Crippen molar-refractivity contribution < 1.29 is 24.5 Å². The van der Waals surface area contributed by atoms with Gasteiger partial charge in [-0.05, 0) is 18.9 Å². The third-order valence-electron chi connectivity index (χ3n) is 4.31. The molecule has 4 atom stereocenters. The van der Waals surface area contributed by atoms with E-state index in [9.17, 15) is 19.8 Å². The summed E-state index contributed by atoms with van der Waals surface area (Å²) in [6, 6.07) is 6.91. The number of benzene rings is 1. The molecular formula is C15H17NO5. The number of para-hydroxylation sites is 1. The molecule has 6 nitrogen and oxygen atoms in total. The summed E-state index contributed by atoms with van der Waals surface area (Å²) < 4.78 is 5.58. The molecule has 2 unspecified atom stereocenters. The van der Waals surface area contributed by atoms with Gasteiger partial charge >= 0.3 is 5.97 Å². The number of hydrogen-bond acceptors (Lipinski definition) is 4. The van der Waals surface area contributed by atoms with Crippen molar-refractivity contribution in [1.82, 2.24) is 0 Å². The first-order valence-electron chi connectivity index (χ1n) is 6.99. The fourth-order valence-electron chi connectivity index (χ4n) is 3.32. The van der Waals surface area contributed by atoms with E-state index in [-0.39, 0.29) is 24.7 Å². The van der Waals surface area contributed by atoms with Crippen LogP contribution in [0.3, 0.4) is 0 Å². The van der Waals surface area contributed by atoms with Crippen LogP contribution >= 0.6 is 0 Å². The standard InChI is InChI=1S/C15H17NO5/c17-7-8-3-1-2-4-9(8)16-14(18)12-10-5-6-11(21-10)13(12)15(19)20/h1-4,10-13,17H,5-7H2,(H,16,18)(H,19,20)/t10-,11-,12?,13?/m1/s1. The molecular weight excluding hydrogens is 274 g/mol. The normalized spacial score (nSPS) is 30.3. The van der Waals surface area contributed by atoms with Gasteiger partial charge in [0.25, 0.3) is 0 Å². The van der Waals surface area contributed by atoms with E-state index in [1.807, 2.05) is 0 Å². The zero-order valence-corrected chi connectivity index (χ0v) is 11.4. The Morgan fingerprint density at radius 2 is 1.86 bits per heavy atom. The molecule has 112 valence electrons. The van der Waals surface area contributed by atoms with Crippen molar-refractivity contribution in [2.24, 2.45) is 11.8 Å². The highest BCUT2D eigenvalue weighted by molar-refractivity contribution is 5.96. The van der Waals surface area contributed by atoms with E-state index in [4.69, 9.17) is 4.74 Å². The van der Waals surface area contributed by atoms with Crippen LogP contribution in [0.1, 0.15) is 18.4 Å². The zero-order valence-electron chi connectivity index (χ0n) is 11.4. The zero-order chi connectivity index (χ0) is 15.0. The molecule has 0 aliphatic carbocycles. The van der Waals surface area contributed by atoms with Gasteiger partial charge in [0, 0.05) is 11.3 Å². The van der Waals surface area contributed by atoms with E-state index in [1.54, 1.807) is 24.3 Å². The number of fused-ring (bicyclic) bond motifs is 2. The molecule has 1 amide bonds. The van der Waals surface area contributed by atoms with Gasteiger partial charge in [0.1, 0.15) is 0 Å². The molecule has 2 fully saturated rings. The third-order valence-corrected chi connectivity index (χ3v) is 4.31. The molecule has 2 aliphatic heterocycles. The molecule has 0 aromatic heterocycles. The topological polar surface area (TPSA) is 95.9 Å². The van der Waals surface area contributed by atoms with Crippen LogP contribution in [0.25, 0.3) is 0 Å². The van der Waals surface area contributed by atoms with Gasteiger partial charge < -0.3 is 20.3 Å². The van der Waals surface area contributed by atoms with E-state index in [0.717, 1.165) is 0 Å². The van der Waals surface area contributed by atoms with Crippen LogP contribution in [0.4, 0.5) is 5.69 Å². The Morgan fingerprint density at radius 1 is 1.19 bits per heavy atom. The summed E-state index contributed by atoms with van der Waals surface area (Å²) in [5, 5.41) is 21.3. The molecule has 0 spiro atoms.